The van der Waals surface area contributed by atoms with Gasteiger partial charge in [0.15, 0.2) is 6.10 Å². The first kappa shape index (κ1) is 103. The van der Waals surface area contributed by atoms with Crippen molar-refractivity contribution < 1.29 is 42.1 Å². The third kappa shape index (κ3) is 90.3. The van der Waals surface area contributed by atoms with Crippen molar-refractivity contribution >= 4 is 19.8 Å². The average Bonchev–Trinajstić information content (AvgIpc) is 0.951. The Hall–Kier alpha value is -2.55. The zero-order valence-corrected chi connectivity index (χ0v) is 72.3. The second kappa shape index (κ2) is 86.4. The van der Waals surface area contributed by atoms with E-state index in [9.17, 15) is 19.0 Å². The quantitative estimate of drug-likeness (QED) is 0.0195. The van der Waals surface area contributed by atoms with Gasteiger partial charge in [-0.3, -0.25) is 14.2 Å². The van der Waals surface area contributed by atoms with Gasteiger partial charge in [0.05, 0.1) is 27.7 Å². The van der Waals surface area contributed by atoms with Crippen LogP contribution in [0.2, 0.25) is 0 Å². The van der Waals surface area contributed by atoms with Gasteiger partial charge in [0, 0.05) is 12.8 Å². The van der Waals surface area contributed by atoms with Gasteiger partial charge in [0.2, 0.25) is 0 Å². The molecule has 0 aromatic heterocycles. The molecule has 0 spiro atoms. The van der Waals surface area contributed by atoms with Crippen LogP contribution in [0.4, 0.5) is 0 Å². The molecule has 0 heterocycles. The Morgan fingerprint density at radius 2 is 0.509 bits per heavy atom. The third-order valence-corrected chi connectivity index (χ3v) is 22.2. The predicted octanol–water partition coefficient (Wildman–Crippen LogP) is 31.1. The number of hydrogen-bond acceptors (Lipinski definition) is 8. The molecule has 0 amide bonds. The lowest BCUT2D eigenvalue weighted by Gasteiger charge is -2.28. The van der Waals surface area contributed by atoms with Crippen molar-refractivity contribution in [3.05, 3.63) is 72.9 Å². The van der Waals surface area contributed by atoms with Crippen LogP contribution in [0.25, 0.3) is 0 Å². The second-order valence-corrected chi connectivity index (χ2v) is 34.4. The molecule has 0 saturated carbocycles. The zero-order valence-electron chi connectivity index (χ0n) is 71.4. The van der Waals surface area contributed by atoms with Crippen LogP contribution < -0.4 is 4.89 Å². The van der Waals surface area contributed by atoms with Crippen LogP contribution in [0.3, 0.4) is 0 Å². The molecule has 0 fully saturated rings. The van der Waals surface area contributed by atoms with Crippen LogP contribution in [0.1, 0.15) is 476 Å². The number of rotatable bonds is 88. The Morgan fingerprint density at radius 1 is 0.292 bits per heavy atom. The van der Waals surface area contributed by atoms with E-state index in [2.05, 4.69) is 86.8 Å². The highest BCUT2D eigenvalue weighted by Crippen LogP contribution is 2.38. The molecule has 0 radical (unpaired) electrons. The number of ether oxygens (including phenoxy) is 2. The number of esters is 2. The monoisotopic (exact) mass is 1510 g/mol. The van der Waals surface area contributed by atoms with E-state index in [1.165, 1.54) is 385 Å². The topological polar surface area (TPSA) is 111 Å². The maximum Gasteiger partial charge on any atom is 0.306 e. The number of carbonyl (C=O) groups excluding carboxylic acids is 2. The van der Waals surface area contributed by atoms with Gasteiger partial charge in [-0.2, -0.15) is 0 Å². The van der Waals surface area contributed by atoms with Crippen molar-refractivity contribution in [1.29, 1.82) is 0 Å². The number of likely N-dealkylation sites (N-methyl/N-ethyl adjacent to an activating group) is 1. The summed E-state index contributed by atoms with van der Waals surface area (Å²) in [6.45, 7) is 4.29. The molecule has 2 unspecified atom stereocenters. The molecule has 0 aliphatic carbocycles. The standard InChI is InChI=1S/C96H180NO8P/c1-6-8-10-12-14-16-18-20-22-24-26-28-30-32-34-36-38-40-42-44-46-48-50-52-54-56-58-60-62-64-66-68-70-72-74-76-78-80-82-84-86-88-95(98)102-92-94(93-104-106(100,101)103-91-90-97(3,4)5)105-96(99)89-87-85-83-81-79-77-75-73-71-69-67-65-63-61-59-57-55-53-51-49-47-45-43-41-39-37-35-33-31-29-27-25-23-21-19-17-15-13-11-9-7-2/h18-21,24-27,30-33,94H,6-17,22-23,28-29,34-93H2,1-5H3/b20-18-,21-19-,26-24-,27-25-,32-30-,33-31-. The maximum absolute atomic E-state index is 12.9. The summed E-state index contributed by atoms with van der Waals surface area (Å²) in [4.78, 5) is 38.3. The lowest BCUT2D eigenvalue weighted by Crippen LogP contribution is -2.37. The average molecular weight is 1510 g/mol. The summed E-state index contributed by atoms with van der Waals surface area (Å²) in [7, 11) is 1.19. The van der Waals surface area contributed by atoms with Crippen molar-refractivity contribution in [2.24, 2.45) is 0 Å². The fourth-order valence-corrected chi connectivity index (χ4v) is 14.8. The predicted molar refractivity (Wildman–Crippen MR) is 462 cm³/mol. The lowest BCUT2D eigenvalue weighted by molar-refractivity contribution is -0.870. The van der Waals surface area contributed by atoms with Gasteiger partial charge in [0.1, 0.15) is 19.8 Å². The minimum absolute atomic E-state index is 0.0281. The first-order valence-corrected chi connectivity index (χ1v) is 48.1. The number of unbranched alkanes of at least 4 members (excludes halogenated alkanes) is 62. The fraction of sp³-hybridized carbons (Fsp3) is 0.854. The largest absolute Gasteiger partial charge is 0.756 e. The van der Waals surface area contributed by atoms with Gasteiger partial charge in [-0.05, 0) is 89.9 Å². The number of phosphoric ester groups is 1. The van der Waals surface area contributed by atoms with E-state index < -0.39 is 26.5 Å². The van der Waals surface area contributed by atoms with Gasteiger partial charge < -0.3 is 27.9 Å². The van der Waals surface area contributed by atoms with E-state index in [0.29, 0.717) is 17.4 Å². The van der Waals surface area contributed by atoms with E-state index in [4.69, 9.17) is 18.5 Å². The van der Waals surface area contributed by atoms with E-state index in [1.54, 1.807) is 0 Å². The number of nitrogens with zero attached hydrogens (tertiary/aromatic N) is 1. The molecular weight excluding hydrogens is 1330 g/mol. The number of allylic oxidation sites excluding steroid dienone is 12. The number of hydrogen-bond donors (Lipinski definition) is 0. The Kier molecular flexibility index (Phi) is 84.4. The molecule has 10 heteroatoms. The Labute approximate surface area is 660 Å². The molecule has 0 rings (SSSR count). The molecule has 0 aromatic rings. The molecule has 0 saturated heterocycles. The summed E-state index contributed by atoms with van der Waals surface area (Å²) in [5.41, 5.74) is 0. The van der Waals surface area contributed by atoms with Crippen molar-refractivity contribution in [2.45, 2.75) is 482 Å². The Balaban J connectivity index is 3.83. The highest BCUT2D eigenvalue weighted by molar-refractivity contribution is 7.45. The summed E-state index contributed by atoms with van der Waals surface area (Å²) in [5.74, 6) is -0.806. The molecule has 0 aromatic carbocycles. The Morgan fingerprint density at radius 3 is 0.755 bits per heavy atom. The highest BCUT2D eigenvalue weighted by Gasteiger charge is 2.22. The van der Waals surface area contributed by atoms with Crippen LogP contribution in [-0.4, -0.2) is 70.0 Å². The van der Waals surface area contributed by atoms with Crippen LogP contribution >= 0.6 is 7.82 Å². The summed E-state index contributed by atoms with van der Waals surface area (Å²) >= 11 is 0. The van der Waals surface area contributed by atoms with Gasteiger partial charge in [-0.25, -0.2) is 0 Å². The Bertz CT molecular complexity index is 2020. The minimum Gasteiger partial charge on any atom is -0.756 e. The minimum atomic E-state index is -4.65. The highest BCUT2D eigenvalue weighted by atomic mass is 31.2. The first-order chi connectivity index (χ1) is 52.0. The smallest absolute Gasteiger partial charge is 0.306 e. The molecular formula is C96H180NO8P. The van der Waals surface area contributed by atoms with Crippen LogP contribution in [0.15, 0.2) is 72.9 Å². The molecule has 0 bridgehead atoms. The molecule has 0 N–H and O–H groups in total. The summed E-state index contributed by atoms with van der Waals surface area (Å²) in [5, 5.41) is 0. The van der Waals surface area contributed by atoms with E-state index in [1.807, 2.05) is 21.1 Å². The van der Waals surface area contributed by atoms with Gasteiger partial charge in [-0.1, -0.05) is 446 Å². The van der Waals surface area contributed by atoms with Crippen molar-refractivity contribution in [1.82, 2.24) is 0 Å². The molecule has 106 heavy (non-hydrogen) atoms. The van der Waals surface area contributed by atoms with Crippen LogP contribution in [0.5, 0.6) is 0 Å². The SMILES string of the molecule is CCCCCCC/C=C\C/C=C\C/C=C\CCCCCCCCCCCCCCCCCCCCCCCCCCCCC(=O)OCC(COP(=O)([O-])OCC[N+](C)(C)C)OC(=O)CCCCCCCCCCCCCCCCCCCCCCCCCCCC/C=C\C/C=C\C/C=C\CCCCCCC. The van der Waals surface area contributed by atoms with Crippen molar-refractivity contribution in [3.8, 4) is 0 Å². The maximum atomic E-state index is 12.9. The fourth-order valence-electron chi connectivity index (χ4n) is 14.1. The second-order valence-electron chi connectivity index (χ2n) is 33.0. The molecule has 0 aliphatic heterocycles. The molecule has 622 valence electrons. The zero-order chi connectivity index (χ0) is 76.8. The summed E-state index contributed by atoms with van der Waals surface area (Å²) in [6.07, 6.45) is 119. The van der Waals surface area contributed by atoms with E-state index >= 15 is 0 Å². The summed E-state index contributed by atoms with van der Waals surface area (Å²) < 4.78 is 34.5. The van der Waals surface area contributed by atoms with Crippen LogP contribution in [0, 0.1) is 0 Å². The number of carbonyl (C=O) groups is 2. The molecule has 9 nitrogen and oxygen atoms in total. The number of quaternary nitrogens is 1. The third-order valence-electron chi connectivity index (χ3n) is 21.2. The van der Waals surface area contributed by atoms with E-state index in [-0.39, 0.29) is 32.0 Å². The van der Waals surface area contributed by atoms with Crippen LogP contribution in [-0.2, 0) is 32.7 Å². The molecule has 0 aliphatic rings. The van der Waals surface area contributed by atoms with E-state index in [0.717, 1.165) is 57.8 Å². The molecule has 2 atom stereocenters. The van der Waals surface area contributed by atoms with Gasteiger partial charge >= 0.3 is 11.9 Å². The lowest BCUT2D eigenvalue weighted by atomic mass is 10.0. The van der Waals surface area contributed by atoms with Crippen molar-refractivity contribution in [3.63, 3.8) is 0 Å². The van der Waals surface area contributed by atoms with Gasteiger partial charge in [0.25, 0.3) is 7.82 Å². The van der Waals surface area contributed by atoms with Crippen molar-refractivity contribution in [2.75, 3.05) is 47.5 Å². The summed E-state index contributed by atoms with van der Waals surface area (Å²) in [6, 6.07) is 0. The number of phosphoric acid groups is 1. The normalized spacial score (nSPS) is 13.2. The van der Waals surface area contributed by atoms with Gasteiger partial charge in [-0.15, -0.1) is 0 Å². The first-order valence-electron chi connectivity index (χ1n) is 46.6.